The minimum Gasteiger partial charge on any atom is -0.371 e. The van der Waals surface area contributed by atoms with Crippen LogP contribution in [-0.4, -0.2) is 54.4 Å². The lowest BCUT2D eigenvalue weighted by Crippen LogP contribution is -2.42. The summed E-state index contributed by atoms with van der Waals surface area (Å²) in [5.41, 5.74) is 2.74. The molecular weight excluding hydrogens is 348 g/mol. The molecule has 8 nitrogen and oxygen atoms in total. The molecule has 2 aliphatic heterocycles. The Morgan fingerprint density at radius 2 is 2.07 bits per heavy atom. The number of urea groups is 1. The molecule has 3 amide bonds. The number of fused-ring (bicyclic) bond motifs is 1. The van der Waals surface area contributed by atoms with E-state index in [1.807, 2.05) is 25.1 Å². The normalized spacial score (nSPS) is 21.8. The van der Waals surface area contributed by atoms with Crippen molar-refractivity contribution < 1.29 is 19.4 Å². The number of nitrogens with zero attached hydrogens (tertiary/aromatic N) is 1. The number of amides is 3. The number of likely N-dealkylation sites (tertiary alicyclic amines) is 1. The number of hydrogen-bond donors (Lipinski definition) is 4. The molecule has 27 heavy (non-hydrogen) atoms. The van der Waals surface area contributed by atoms with Gasteiger partial charge < -0.3 is 30.7 Å². The molecule has 1 fully saturated rings. The van der Waals surface area contributed by atoms with Crippen molar-refractivity contribution in [3.05, 3.63) is 29.3 Å². The Balaban J connectivity index is 1.52. The lowest BCUT2D eigenvalue weighted by atomic mass is 10.0. The van der Waals surface area contributed by atoms with Gasteiger partial charge in [-0.05, 0) is 37.0 Å². The molecule has 1 aromatic carbocycles. The van der Waals surface area contributed by atoms with Crippen molar-refractivity contribution in [1.29, 1.82) is 0 Å². The van der Waals surface area contributed by atoms with Gasteiger partial charge in [0.1, 0.15) is 6.23 Å². The van der Waals surface area contributed by atoms with Crippen LogP contribution in [0.15, 0.2) is 18.2 Å². The second-order valence-electron chi connectivity index (χ2n) is 6.94. The summed E-state index contributed by atoms with van der Waals surface area (Å²) in [6, 6.07) is 5.40. The van der Waals surface area contributed by atoms with Gasteiger partial charge in [-0.15, -0.1) is 0 Å². The summed E-state index contributed by atoms with van der Waals surface area (Å²) in [5.74, 6) is -0.0414. The summed E-state index contributed by atoms with van der Waals surface area (Å²) < 4.78 is 5.73. The van der Waals surface area contributed by atoms with E-state index in [1.54, 1.807) is 4.90 Å². The maximum Gasteiger partial charge on any atom is 0.315 e. The summed E-state index contributed by atoms with van der Waals surface area (Å²) in [6.45, 7) is 4.18. The van der Waals surface area contributed by atoms with Gasteiger partial charge in [-0.1, -0.05) is 13.0 Å². The van der Waals surface area contributed by atoms with Crippen molar-refractivity contribution in [3.8, 4) is 0 Å². The summed E-state index contributed by atoms with van der Waals surface area (Å²) in [5, 5.41) is 18.3. The zero-order valence-corrected chi connectivity index (χ0v) is 15.7. The van der Waals surface area contributed by atoms with E-state index in [0.717, 1.165) is 49.2 Å². The highest BCUT2D eigenvalue weighted by molar-refractivity contribution is 5.84. The first kappa shape index (κ1) is 19.4. The van der Waals surface area contributed by atoms with Gasteiger partial charge in [0.05, 0.1) is 19.3 Å². The Morgan fingerprint density at radius 3 is 2.81 bits per heavy atom. The number of benzene rings is 1. The highest BCUT2D eigenvalue weighted by Crippen LogP contribution is 2.32. The van der Waals surface area contributed by atoms with Crippen LogP contribution >= 0.6 is 0 Å². The van der Waals surface area contributed by atoms with Crippen LogP contribution in [0.25, 0.3) is 0 Å². The largest absolute Gasteiger partial charge is 0.371 e. The van der Waals surface area contributed by atoms with E-state index in [1.165, 1.54) is 0 Å². The van der Waals surface area contributed by atoms with Crippen molar-refractivity contribution in [2.75, 3.05) is 31.6 Å². The molecule has 1 aromatic rings. The standard InChI is InChI=1S/C19H28N4O4/c1-2-16-14-9-13(5-6-15(14)22-17(24)12-27-16)10-20-19(26)21-11-18(25)23-7-3-4-8-23/h5-6,9,16-17,22,24H,2-4,7-8,10-12H2,1H3,(H2,20,21,26)/t16-,17-/m1/s1. The van der Waals surface area contributed by atoms with Gasteiger partial charge in [0.25, 0.3) is 0 Å². The number of anilines is 1. The third-order valence-corrected chi connectivity index (χ3v) is 4.92. The summed E-state index contributed by atoms with van der Waals surface area (Å²) >= 11 is 0. The topological polar surface area (TPSA) is 103 Å². The molecule has 0 saturated carbocycles. The predicted octanol–water partition coefficient (Wildman–Crippen LogP) is 1.32. The van der Waals surface area contributed by atoms with Gasteiger partial charge >= 0.3 is 6.03 Å². The van der Waals surface area contributed by atoms with Gasteiger partial charge in [-0.2, -0.15) is 0 Å². The first-order valence-electron chi connectivity index (χ1n) is 9.55. The fourth-order valence-corrected chi connectivity index (χ4v) is 3.46. The Kier molecular flexibility index (Phi) is 6.52. The number of aliphatic hydroxyl groups is 1. The maximum atomic E-state index is 12.0. The van der Waals surface area contributed by atoms with Gasteiger partial charge in [0.15, 0.2) is 0 Å². The van der Waals surface area contributed by atoms with Gasteiger partial charge in [-0.3, -0.25) is 4.79 Å². The van der Waals surface area contributed by atoms with Crippen LogP contribution in [0.5, 0.6) is 0 Å². The molecule has 0 aromatic heterocycles. The van der Waals surface area contributed by atoms with Crippen LogP contribution in [0.2, 0.25) is 0 Å². The molecule has 2 aliphatic rings. The number of aliphatic hydroxyl groups excluding tert-OH is 1. The van der Waals surface area contributed by atoms with E-state index in [-0.39, 0.29) is 31.2 Å². The Bertz CT molecular complexity index is 676. The third kappa shape index (κ3) is 5.11. The van der Waals surface area contributed by atoms with Crippen LogP contribution in [0.1, 0.15) is 43.4 Å². The lowest BCUT2D eigenvalue weighted by molar-refractivity contribution is -0.128. The number of rotatable bonds is 5. The summed E-state index contributed by atoms with van der Waals surface area (Å²) in [4.78, 5) is 25.7. The Morgan fingerprint density at radius 1 is 1.30 bits per heavy atom. The monoisotopic (exact) mass is 376 g/mol. The molecule has 3 rings (SSSR count). The molecular formula is C19H28N4O4. The van der Waals surface area contributed by atoms with Crippen LogP contribution in [0.3, 0.4) is 0 Å². The van der Waals surface area contributed by atoms with Crippen molar-refractivity contribution in [3.63, 3.8) is 0 Å². The van der Waals surface area contributed by atoms with E-state index < -0.39 is 6.23 Å². The van der Waals surface area contributed by atoms with E-state index in [0.29, 0.717) is 6.54 Å². The summed E-state index contributed by atoms with van der Waals surface area (Å²) in [6.07, 6.45) is 2.02. The summed E-state index contributed by atoms with van der Waals surface area (Å²) in [7, 11) is 0. The first-order chi connectivity index (χ1) is 13.1. The number of carbonyl (C=O) groups excluding carboxylic acids is 2. The van der Waals surface area contributed by atoms with Crippen LogP contribution in [0, 0.1) is 0 Å². The van der Waals surface area contributed by atoms with Crippen molar-refractivity contribution in [2.24, 2.45) is 0 Å². The number of hydrogen-bond acceptors (Lipinski definition) is 5. The van der Waals surface area contributed by atoms with Gasteiger partial charge in [0, 0.05) is 30.9 Å². The van der Waals surface area contributed by atoms with Gasteiger partial charge in [0.2, 0.25) is 5.91 Å². The second kappa shape index (κ2) is 9.05. The fourth-order valence-electron chi connectivity index (χ4n) is 3.46. The van der Waals surface area contributed by atoms with Crippen molar-refractivity contribution in [1.82, 2.24) is 15.5 Å². The third-order valence-electron chi connectivity index (χ3n) is 4.92. The molecule has 1 saturated heterocycles. The van der Waals surface area contributed by atoms with Crippen LogP contribution < -0.4 is 16.0 Å². The number of nitrogens with one attached hydrogen (secondary N) is 3. The molecule has 4 N–H and O–H groups in total. The molecule has 0 spiro atoms. The molecule has 0 bridgehead atoms. The average Bonchev–Trinajstić information content (AvgIpc) is 3.16. The number of ether oxygens (including phenoxy) is 1. The molecule has 148 valence electrons. The highest BCUT2D eigenvalue weighted by Gasteiger charge is 2.22. The van der Waals surface area contributed by atoms with Crippen molar-refractivity contribution >= 4 is 17.6 Å². The molecule has 0 unspecified atom stereocenters. The Hall–Kier alpha value is -2.32. The number of carbonyl (C=O) groups is 2. The van der Waals surface area contributed by atoms with E-state index in [9.17, 15) is 14.7 Å². The highest BCUT2D eigenvalue weighted by atomic mass is 16.5. The predicted molar refractivity (Wildman–Crippen MR) is 101 cm³/mol. The van der Waals surface area contributed by atoms with Crippen molar-refractivity contribution in [2.45, 2.75) is 45.1 Å². The quantitative estimate of drug-likeness (QED) is 0.621. The van der Waals surface area contributed by atoms with E-state index >= 15 is 0 Å². The van der Waals surface area contributed by atoms with Gasteiger partial charge in [-0.25, -0.2) is 4.79 Å². The molecule has 2 heterocycles. The SMILES string of the molecule is CC[C@H]1OC[C@@H](O)Nc2ccc(CNC(=O)NCC(=O)N3CCCC3)cc21. The average molecular weight is 376 g/mol. The zero-order chi connectivity index (χ0) is 19.2. The van der Waals surface area contributed by atoms with Crippen LogP contribution in [0.4, 0.5) is 10.5 Å². The molecule has 2 atom stereocenters. The van der Waals surface area contributed by atoms with E-state index in [2.05, 4.69) is 16.0 Å². The fraction of sp³-hybridized carbons (Fsp3) is 0.579. The van der Waals surface area contributed by atoms with E-state index in [4.69, 9.17) is 4.74 Å². The van der Waals surface area contributed by atoms with Crippen LogP contribution in [-0.2, 0) is 16.1 Å². The lowest BCUT2D eigenvalue weighted by Gasteiger charge is -2.17. The second-order valence-corrected chi connectivity index (χ2v) is 6.94. The minimum absolute atomic E-state index is 0.0174. The minimum atomic E-state index is -0.733. The Labute approximate surface area is 159 Å². The maximum absolute atomic E-state index is 12.0. The first-order valence-corrected chi connectivity index (χ1v) is 9.55. The molecule has 0 radical (unpaired) electrons. The molecule has 8 heteroatoms. The zero-order valence-electron chi connectivity index (χ0n) is 15.7. The smallest absolute Gasteiger partial charge is 0.315 e. The molecule has 0 aliphatic carbocycles.